The number of rotatable bonds is 3. The second-order valence-electron chi connectivity index (χ2n) is 4.35. The van der Waals surface area contributed by atoms with Crippen molar-refractivity contribution in [1.29, 1.82) is 0 Å². The minimum atomic E-state index is 0.395. The summed E-state index contributed by atoms with van der Waals surface area (Å²) in [6.07, 6.45) is 6.12. The molecule has 74 valence electrons. The normalized spacial score (nSPS) is 23.5. The molecule has 0 amide bonds. The molecule has 1 rings (SSSR count). The van der Waals surface area contributed by atoms with Crippen molar-refractivity contribution in [2.75, 3.05) is 0 Å². The van der Waals surface area contributed by atoms with Gasteiger partial charge in [-0.25, -0.2) is 0 Å². The average molecular weight is 180 g/mol. The molecule has 0 heterocycles. The van der Waals surface area contributed by atoms with Crippen LogP contribution in [0.25, 0.3) is 0 Å². The van der Waals surface area contributed by atoms with Gasteiger partial charge in [0.15, 0.2) is 5.78 Å². The summed E-state index contributed by atoms with van der Waals surface area (Å²) < 4.78 is 0. The Balaban J connectivity index is 2.59. The van der Waals surface area contributed by atoms with Gasteiger partial charge in [0.05, 0.1) is 0 Å². The zero-order valence-corrected chi connectivity index (χ0v) is 8.97. The molecule has 0 spiro atoms. The Bertz CT molecular complexity index is 213. The molecule has 0 aliphatic heterocycles. The maximum absolute atomic E-state index is 11.6. The van der Waals surface area contributed by atoms with Crippen LogP contribution in [0.1, 0.15) is 46.5 Å². The van der Waals surface area contributed by atoms with E-state index >= 15 is 0 Å². The van der Waals surface area contributed by atoms with Crippen molar-refractivity contribution in [2.24, 2.45) is 11.8 Å². The third-order valence-electron chi connectivity index (χ3n) is 2.93. The van der Waals surface area contributed by atoms with Crippen LogP contribution in [0.3, 0.4) is 0 Å². The molecule has 0 aromatic heterocycles. The van der Waals surface area contributed by atoms with Crippen molar-refractivity contribution < 1.29 is 4.79 Å². The van der Waals surface area contributed by atoms with E-state index in [1.54, 1.807) is 0 Å². The van der Waals surface area contributed by atoms with Gasteiger partial charge in [0.25, 0.3) is 0 Å². The second-order valence-corrected chi connectivity index (χ2v) is 4.35. The van der Waals surface area contributed by atoms with E-state index < -0.39 is 0 Å². The minimum Gasteiger partial charge on any atom is -0.295 e. The summed E-state index contributed by atoms with van der Waals surface area (Å²) in [6, 6.07) is 0. The second kappa shape index (κ2) is 4.59. The minimum absolute atomic E-state index is 0.395. The van der Waals surface area contributed by atoms with Crippen LogP contribution in [0.2, 0.25) is 0 Å². The van der Waals surface area contributed by atoms with Crippen LogP contribution in [0.5, 0.6) is 0 Å². The van der Waals surface area contributed by atoms with E-state index in [0.717, 1.165) is 31.3 Å². The van der Waals surface area contributed by atoms with Crippen LogP contribution < -0.4 is 0 Å². The summed E-state index contributed by atoms with van der Waals surface area (Å²) in [6.45, 7) is 6.54. The number of hydrogen-bond donors (Lipinski definition) is 0. The van der Waals surface area contributed by atoms with Crippen molar-refractivity contribution in [3.05, 3.63) is 11.6 Å². The number of carbonyl (C=O) groups is 1. The number of hydrogen-bond acceptors (Lipinski definition) is 1. The van der Waals surface area contributed by atoms with Gasteiger partial charge in [-0.2, -0.15) is 0 Å². The quantitative estimate of drug-likeness (QED) is 0.651. The highest BCUT2D eigenvalue weighted by Crippen LogP contribution is 2.28. The van der Waals surface area contributed by atoms with Crippen LogP contribution in [0.4, 0.5) is 0 Å². The Kier molecular flexibility index (Phi) is 3.71. The van der Waals surface area contributed by atoms with Crippen molar-refractivity contribution in [3.8, 4) is 0 Å². The smallest absolute Gasteiger partial charge is 0.158 e. The molecule has 1 heteroatoms. The SMILES string of the molecule is CCCC1=CC[C@@H](C(C)C)CC1=O. The molecule has 0 saturated heterocycles. The lowest BCUT2D eigenvalue weighted by Gasteiger charge is -2.23. The van der Waals surface area contributed by atoms with Gasteiger partial charge in [0, 0.05) is 6.42 Å². The molecule has 0 N–H and O–H groups in total. The standard InChI is InChI=1S/C12H20O/c1-4-5-10-6-7-11(9(2)3)8-12(10)13/h6,9,11H,4-5,7-8H2,1-3H3/t11-/m1/s1. The lowest BCUT2D eigenvalue weighted by atomic mass is 9.81. The lowest BCUT2D eigenvalue weighted by molar-refractivity contribution is -0.117. The van der Waals surface area contributed by atoms with E-state index in [9.17, 15) is 4.79 Å². The van der Waals surface area contributed by atoms with Crippen LogP contribution in [-0.4, -0.2) is 5.78 Å². The molecular weight excluding hydrogens is 160 g/mol. The van der Waals surface area contributed by atoms with Crippen LogP contribution in [-0.2, 0) is 4.79 Å². The van der Waals surface area contributed by atoms with Gasteiger partial charge in [-0.3, -0.25) is 4.79 Å². The molecule has 0 bridgehead atoms. The molecule has 0 aromatic rings. The lowest BCUT2D eigenvalue weighted by Crippen LogP contribution is -2.19. The van der Waals surface area contributed by atoms with E-state index in [0.29, 0.717) is 17.6 Å². The first-order valence-corrected chi connectivity index (χ1v) is 5.37. The zero-order valence-electron chi connectivity index (χ0n) is 8.97. The Hall–Kier alpha value is -0.590. The van der Waals surface area contributed by atoms with Crippen LogP contribution in [0, 0.1) is 11.8 Å². The van der Waals surface area contributed by atoms with Gasteiger partial charge in [-0.1, -0.05) is 33.3 Å². The molecule has 13 heavy (non-hydrogen) atoms. The molecule has 1 atom stereocenters. The van der Waals surface area contributed by atoms with Gasteiger partial charge in [0.1, 0.15) is 0 Å². The van der Waals surface area contributed by atoms with Gasteiger partial charge in [-0.15, -0.1) is 0 Å². The van der Waals surface area contributed by atoms with Crippen molar-refractivity contribution >= 4 is 5.78 Å². The van der Waals surface area contributed by atoms with E-state index in [1.807, 2.05) is 0 Å². The maximum atomic E-state index is 11.6. The summed E-state index contributed by atoms with van der Waals surface area (Å²) in [5, 5.41) is 0. The van der Waals surface area contributed by atoms with Crippen molar-refractivity contribution in [3.63, 3.8) is 0 Å². The fourth-order valence-electron chi connectivity index (χ4n) is 1.88. The predicted octanol–water partition coefficient (Wildman–Crippen LogP) is 3.35. The monoisotopic (exact) mass is 180 g/mol. The fourth-order valence-corrected chi connectivity index (χ4v) is 1.88. The third kappa shape index (κ3) is 2.68. The summed E-state index contributed by atoms with van der Waals surface area (Å²) in [5.41, 5.74) is 1.08. The van der Waals surface area contributed by atoms with Crippen LogP contribution >= 0.6 is 0 Å². The number of carbonyl (C=O) groups excluding carboxylic acids is 1. The highest BCUT2D eigenvalue weighted by Gasteiger charge is 2.22. The highest BCUT2D eigenvalue weighted by atomic mass is 16.1. The van der Waals surface area contributed by atoms with Crippen molar-refractivity contribution in [1.82, 2.24) is 0 Å². The third-order valence-corrected chi connectivity index (χ3v) is 2.93. The Morgan fingerprint density at radius 2 is 2.23 bits per heavy atom. The largest absolute Gasteiger partial charge is 0.295 e. The molecule has 0 saturated carbocycles. The Morgan fingerprint density at radius 3 is 2.69 bits per heavy atom. The average Bonchev–Trinajstić information content (AvgIpc) is 2.08. The summed E-state index contributed by atoms with van der Waals surface area (Å²) in [7, 11) is 0. The van der Waals surface area contributed by atoms with E-state index in [2.05, 4.69) is 26.8 Å². The number of ketones is 1. The van der Waals surface area contributed by atoms with E-state index in [4.69, 9.17) is 0 Å². The Labute approximate surface area is 81.2 Å². The van der Waals surface area contributed by atoms with Gasteiger partial charge >= 0.3 is 0 Å². The zero-order chi connectivity index (χ0) is 9.84. The Morgan fingerprint density at radius 1 is 1.54 bits per heavy atom. The first-order chi connectivity index (χ1) is 6.15. The number of Topliss-reactive ketones (excluding diaryl/α,β-unsaturated/α-hetero) is 1. The molecular formula is C12H20O. The van der Waals surface area contributed by atoms with Gasteiger partial charge in [-0.05, 0) is 30.3 Å². The van der Waals surface area contributed by atoms with Crippen LogP contribution in [0.15, 0.2) is 11.6 Å². The van der Waals surface area contributed by atoms with Gasteiger partial charge in [0.2, 0.25) is 0 Å². The van der Waals surface area contributed by atoms with E-state index in [1.165, 1.54) is 0 Å². The summed E-state index contributed by atoms with van der Waals surface area (Å²) >= 11 is 0. The van der Waals surface area contributed by atoms with Gasteiger partial charge < -0.3 is 0 Å². The predicted molar refractivity (Wildman–Crippen MR) is 55.6 cm³/mol. The molecule has 0 fully saturated rings. The molecule has 1 nitrogen and oxygen atoms in total. The molecule has 1 aliphatic carbocycles. The molecule has 1 aliphatic rings. The first-order valence-electron chi connectivity index (χ1n) is 5.37. The summed E-state index contributed by atoms with van der Waals surface area (Å²) in [4.78, 5) is 11.6. The van der Waals surface area contributed by atoms with Crippen molar-refractivity contribution in [2.45, 2.75) is 46.5 Å². The maximum Gasteiger partial charge on any atom is 0.158 e. The molecule has 0 radical (unpaired) electrons. The topological polar surface area (TPSA) is 17.1 Å². The first kappa shape index (κ1) is 10.5. The molecule has 0 aromatic carbocycles. The fraction of sp³-hybridized carbons (Fsp3) is 0.750. The highest BCUT2D eigenvalue weighted by molar-refractivity contribution is 5.96. The molecule has 0 unspecified atom stereocenters. The number of allylic oxidation sites excluding steroid dienone is 2. The summed E-state index contributed by atoms with van der Waals surface area (Å²) in [5.74, 6) is 1.63. The van der Waals surface area contributed by atoms with E-state index in [-0.39, 0.29) is 0 Å².